The van der Waals surface area contributed by atoms with Gasteiger partial charge >= 0.3 is 0 Å². The van der Waals surface area contributed by atoms with E-state index in [1.54, 1.807) is 27.7 Å². The number of hydrogen-bond acceptors (Lipinski definition) is 6. The number of nitrogens with one attached hydrogen (secondary N) is 1. The summed E-state index contributed by atoms with van der Waals surface area (Å²) < 4.78 is 18.5. The van der Waals surface area contributed by atoms with E-state index in [0.717, 1.165) is 17.5 Å². The number of rotatable bonds is 5. The van der Waals surface area contributed by atoms with Crippen molar-refractivity contribution in [1.29, 1.82) is 0 Å². The number of ether oxygens (including phenoxy) is 3. The van der Waals surface area contributed by atoms with Gasteiger partial charge in [-0.3, -0.25) is 0 Å². The maximum atomic E-state index is 6.05. The monoisotopic (exact) mass is 400 g/mol. The van der Waals surface area contributed by atoms with Crippen molar-refractivity contribution in [3.63, 3.8) is 0 Å². The Hall–Kier alpha value is -2.93. The van der Waals surface area contributed by atoms with Crippen LogP contribution in [0, 0.1) is 0 Å². The summed E-state index contributed by atoms with van der Waals surface area (Å²) in [5, 5.41) is 8.58. The number of nitrogens with zero attached hydrogens (tertiary/aromatic N) is 3. The molecule has 0 fully saturated rings. The highest BCUT2D eigenvalue weighted by Crippen LogP contribution is 2.46. The summed E-state index contributed by atoms with van der Waals surface area (Å²) in [5.74, 6) is 2.51. The molecule has 0 aliphatic carbocycles. The van der Waals surface area contributed by atoms with Crippen LogP contribution in [0.2, 0.25) is 5.02 Å². The van der Waals surface area contributed by atoms with Crippen LogP contribution >= 0.6 is 11.6 Å². The van der Waals surface area contributed by atoms with Crippen molar-refractivity contribution in [3.05, 3.63) is 58.9 Å². The predicted molar refractivity (Wildman–Crippen MR) is 107 cm³/mol. The van der Waals surface area contributed by atoms with Crippen molar-refractivity contribution in [1.82, 2.24) is 14.8 Å². The number of benzene rings is 2. The van der Waals surface area contributed by atoms with Crippen LogP contribution in [0.3, 0.4) is 0 Å². The van der Waals surface area contributed by atoms with E-state index in [2.05, 4.69) is 15.4 Å². The zero-order valence-corrected chi connectivity index (χ0v) is 16.6. The third-order valence-electron chi connectivity index (χ3n) is 5.00. The average molecular weight is 401 g/mol. The largest absolute Gasteiger partial charge is 0.493 e. The van der Waals surface area contributed by atoms with Gasteiger partial charge in [0.25, 0.3) is 0 Å². The van der Waals surface area contributed by atoms with Gasteiger partial charge in [-0.15, -0.1) is 0 Å². The van der Waals surface area contributed by atoms with E-state index in [0.29, 0.717) is 28.2 Å². The summed E-state index contributed by atoms with van der Waals surface area (Å²) in [6.45, 7) is 0. The minimum atomic E-state index is -0.0887. The van der Waals surface area contributed by atoms with E-state index in [1.165, 1.54) is 0 Å². The second-order valence-electron chi connectivity index (χ2n) is 6.45. The van der Waals surface area contributed by atoms with Gasteiger partial charge in [0, 0.05) is 10.6 Å². The molecule has 0 saturated carbocycles. The molecule has 0 saturated heterocycles. The number of aromatic nitrogens is 3. The van der Waals surface area contributed by atoms with Crippen LogP contribution in [0.15, 0.2) is 42.7 Å². The first-order chi connectivity index (χ1) is 13.7. The van der Waals surface area contributed by atoms with Crippen molar-refractivity contribution < 1.29 is 14.2 Å². The first-order valence-electron chi connectivity index (χ1n) is 8.86. The van der Waals surface area contributed by atoms with E-state index in [9.17, 15) is 0 Å². The number of methoxy groups -OCH3 is 3. The molecule has 0 spiro atoms. The van der Waals surface area contributed by atoms with Gasteiger partial charge in [-0.05, 0) is 36.2 Å². The molecule has 1 aliphatic heterocycles. The summed E-state index contributed by atoms with van der Waals surface area (Å²) in [7, 11) is 4.83. The second-order valence-corrected chi connectivity index (χ2v) is 6.89. The molecule has 146 valence electrons. The lowest BCUT2D eigenvalue weighted by Crippen LogP contribution is -2.28. The molecular weight excluding hydrogens is 380 g/mol. The smallest absolute Gasteiger partial charge is 0.222 e. The van der Waals surface area contributed by atoms with Crippen molar-refractivity contribution >= 4 is 17.5 Å². The highest BCUT2D eigenvalue weighted by Gasteiger charge is 2.33. The molecule has 28 heavy (non-hydrogen) atoms. The summed E-state index contributed by atoms with van der Waals surface area (Å²) in [6.07, 6.45) is 2.30. The molecule has 7 nitrogen and oxygen atoms in total. The molecule has 1 aromatic heterocycles. The molecule has 0 unspecified atom stereocenters. The van der Waals surface area contributed by atoms with Crippen molar-refractivity contribution in [2.24, 2.45) is 0 Å². The Kier molecular flexibility index (Phi) is 5.00. The number of anilines is 1. The molecule has 1 aliphatic rings. The summed E-state index contributed by atoms with van der Waals surface area (Å²) in [4.78, 5) is 4.38. The Morgan fingerprint density at radius 1 is 1.00 bits per heavy atom. The third-order valence-corrected chi connectivity index (χ3v) is 5.25. The van der Waals surface area contributed by atoms with E-state index in [4.69, 9.17) is 25.8 Å². The van der Waals surface area contributed by atoms with Crippen LogP contribution in [0.25, 0.3) is 0 Å². The lowest BCUT2D eigenvalue weighted by atomic mass is 9.92. The second kappa shape index (κ2) is 7.59. The molecule has 4 rings (SSSR count). The van der Waals surface area contributed by atoms with Crippen LogP contribution in [0.4, 0.5) is 5.95 Å². The van der Waals surface area contributed by atoms with E-state index >= 15 is 0 Å². The van der Waals surface area contributed by atoms with Crippen molar-refractivity contribution in [3.8, 4) is 17.2 Å². The van der Waals surface area contributed by atoms with Crippen LogP contribution < -0.4 is 19.5 Å². The van der Waals surface area contributed by atoms with E-state index in [1.807, 2.05) is 41.1 Å². The first kappa shape index (κ1) is 18.4. The van der Waals surface area contributed by atoms with Crippen LogP contribution in [0.1, 0.15) is 29.6 Å². The van der Waals surface area contributed by atoms with Crippen LogP contribution in [-0.2, 0) is 0 Å². The third kappa shape index (κ3) is 3.11. The van der Waals surface area contributed by atoms with Gasteiger partial charge < -0.3 is 19.5 Å². The molecule has 8 heteroatoms. The Labute approximate surface area is 168 Å². The highest BCUT2D eigenvalue weighted by atomic mass is 35.5. The Morgan fingerprint density at radius 3 is 2.43 bits per heavy atom. The summed E-state index contributed by atoms with van der Waals surface area (Å²) in [6, 6.07) is 11.7. The van der Waals surface area contributed by atoms with E-state index in [-0.39, 0.29) is 12.1 Å². The fraction of sp³-hybridized carbons (Fsp3) is 0.300. The molecule has 0 amide bonds. The van der Waals surface area contributed by atoms with Crippen molar-refractivity contribution in [2.75, 3.05) is 26.6 Å². The van der Waals surface area contributed by atoms with Gasteiger partial charge in [-0.2, -0.15) is 10.1 Å². The normalized spacial score (nSPS) is 18.1. The van der Waals surface area contributed by atoms with Crippen molar-refractivity contribution in [2.45, 2.75) is 18.5 Å². The molecule has 2 heterocycles. The Balaban J connectivity index is 1.80. The molecular formula is C20H21ClN4O3. The lowest BCUT2D eigenvalue weighted by molar-refractivity contribution is 0.315. The quantitative estimate of drug-likeness (QED) is 0.695. The SMILES string of the molecule is COc1ccc([C@@H]2C[C@@H](c3ccc(Cl)cc3)Nc3ncnn32)c(OC)c1OC. The topological polar surface area (TPSA) is 70.4 Å². The Morgan fingerprint density at radius 2 is 1.75 bits per heavy atom. The van der Waals surface area contributed by atoms with Crippen LogP contribution in [0.5, 0.6) is 17.2 Å². The zero-order chi connectivity index (χ0) is 19.7. The van der Waals surface area contributed by atoms with Gasteiger partial charge in [0.2, 0.25) is 11.7 Å². The molecule has 0 radical (unpaired) electrons. The molecule has 1 N–H and O–H groups in total. The fourth-order valence-corrected chi connectivity index (χ4v) is 3.81. The standard InChI is InChI=1S/C20H21ClN4O3/c1-26-17-9-8-14(18(27-2)19(17)28-3)16-10-15(12-4-6-13(21)7-5-12)24-20-22-11-23-25(16)20/h4-9,11,15-16H,10H2,1-3H3,(H,22,23,24)/t15-,16-/m0/s1. The molecule has 3 aromatic rings. The fourth-order valence-electron chi connectivity index (χ4n) is 3.68. The first-order valence-corrected chi connectivity index (χ1v) is 9.24. The minimum absolute atomic E-state index is 0.0526. The molecule has 0 bridgehead atoms. The maximum absolute atomic E-state index is 6.05. The maximum Gasteiger partial charge on any atom is 0.222 e. The number of hydrogen-bond donors (Lipinski definition) is 1. The number of fused-ring (bicyclic) bond motifs is 1. The minimum Gasteiger partial charge on any atom is -0.493 e. The Bertz CT molecular complexity index is 974. The van der Waals surface area contributed by atoms with Gasteiger partial charge in [-0.25, -0.2) is 4.68 Å². The molecule has 2 atom stereocenters. The van der Waals surface area contributed by atoms with Gasteiger partial charge in [0.1, 0.15) is 6.33 Å². The lowest BCUT2D eigenvalue weighted by Gasteiger charge is -2.32. The van der Waals surface area contributed by atoms with E-state index < -0.39 is 0 Å². The number of halogens is 1. The molecule has 2 aromatic carbocycles. The highest BCUT2D eigenvalue weighted by molar-refractivity contribution is 6.30. The zero-order valence-electron chi connectivity index (χ0n) is 15.8. The summed E-state index contributed by atoms with van der Waals surface area (Å²) in [5.41, 5.74) is 2.08. The predicted octanol–water partition coefficient (Wildman–Crippen LogP) is 4.10. The van der Waals surface area contributed by atoms with Gasteiger partial charge in [0.05, 0.1) is 33.4 Å². The van der Waals surface area contributed by atoms with Crippen LogP contribution in [-0.4, -0.2) is 36.1 Å². The van der Waals surface area contributed by atoms with Gasteiger partial charge in [0.15, 0.2) is 11.5 Å². The van der Waals surface area contributed by atoms with Gasteiger partial charge in [-0.1, -0.05) is 23.7 Å². The average Bonchev–Trinajstić information content (AvgIpc) is 3.21. The summed E-state index contributed by atoms with van der Waals surface area (Å²) >= 11 is 6.05.